The number of nitrogens with zero attached hydrogens (tertiary/aromatic N) is 2. The lowest BCUT2D eigenvalue weighted by molar-refractivity contribution is -0.190. The molecular weight excluding hydrogens is 276 g/mol. The summed E-state index contributed by atoms with van der Waals surface area (Å²) in [6, 6.07) is 0. The van der Waals surface area contributed by atoms with Crippen LogP contribution in [-0.4, -0.2) is 60.6 Å². The molecule has 0 aromatic heterocycles. The second-order valence-corrected chi connectivity index (χ2v) is 7.61. The molecule has 126 valence electrons. The fourth-order valence-electron chi connectivity index (χ4n) is 4.13. The molecule has 0 radical (unpaired) electrons. The lowest BCUT2D eigenvalue weighted by Crippen LogP contribution is -2.66. The lowest BCUT2D eigenvalue weighted by atomic mass is 9.82. The van der Waals surface area contributed by atoms with Gasteiger partial charge in [0.25, 0.3) is 0 Å². The number of unbranched alkanes of at least 4 members (excludes halogenated alkanes) is 1. The lowest BCUT2D eigenvalue weighted by Gasteiger charge is -2.53. The van der Waals surface area contributed by atoms with Crippen molar-refractivity contribution in [2.45, 2.75) is 63.9 Å². The smallest absolute Gasteiger partial charge is 0.222 e. The predicted molar refractivity (Wildman–Crippen MR) is 87.8 cm³/mol. The van der Waals surface area contributed by atoms with E-state index in [0.717, 1.165) is 39.0 Å². The number of piperidine rings is 1. The minimum atomic E-state index is 0.0142. The molecule has 1 spiro atoms. The number of amides is 1. The van der Waals surface area contributed by atoms with Gasteiger partial charge in [-0.3, -0.25) is 4.79 Å². The maximum atomic E-state index is 12.0. The van der Waals surface area contributed by atoms with E-state index in [2.05, 4.69) is 11.8 Å². The normalized spacial score (nSPS) is 28.6. The first kappa shape index (κ1) is 16.3. The summed E-state index contributed by atoms with van der Waals surface area (Å²) in [6.45, 7) is 8.49. The van der Waals surface area contributed by atoms with Crippen LogP contribution in [0.2, 0.25) is 0 Å². The van der Waals surface area contributed by atoms with Gasteiger partial charge in [0.2, 0.25) is 5.91 Å². The zero-order valence-electron chi connectivity index (χ0n) is 14.2. The molecule has 4 nitrogen and oxygen atoms in total. The van der Waals surface area contributed by atoms with Crippen LogP contribution in [0.1, 0.15) is 58.3 Å². The van der Waals surface area contributed by atoms with Crippen LogP contribution in [0.3, 0.4) is 0 Å². The number of hydrogen-bond donors (Lipinski definition) is 0. The third-order valence-electron chi connectivity index (χ3n) is 5.65. The molecule has 0 aliphatic carbocycles. The second kappa shape index (κ2) is 7.31. The van der Waals surface area contributed by atoms with E-state index in [-0.39, 0.29) is 5.60 Å². The third kappa shape index (κ3) is 3.83. The first-order valence-electron chi connectivity index (χ1n) is 9.35. The highest BCUT2D eigenvalue weighted by atomic mass is 16.5. The van der Waals surface area contributed by atoms with Crippen molar-refractivity contribution in [2.75, 3.05) is 39.3 Å². The molecule has 3 aliphatic heterocycles. The Morgan fingerprint density at radius 2 is 2.00 bits per heavy atom. The molecule has 1 amide bonds. The number of carbonyl (C=O) groups excluding carboxylic acids is 1. The highest BCUT2D eigenvalue weighted by Crippen LogP contribution is 2.36. The molecule has 0 saturated carbocycles. The molecule has 3 heterocycles. The molecule has 1 atom stereocenters. The Labute approximate surface area is 135 Å². The molecule has 3 saturated heterocycles. The van der Waals surface area contributed by atoms with Gasteiger partial charge in [0.15, 0.2) is 0 Å². The Morgan fingerprint density at radius 3 is 2.64 bits per heavy atom. The highest BCUT2D eigenvalue weighted by Gasteiger charge is 2.48. The van der Waals surface area contributed by atoms with Gasteiger partial charge in [0, 0.05) is 13.0 Å². The number of hydrogen-bond acceptors (Lipinski definition) is 3. The number of ether oxygens (including phenoxy) is 1. The Balaban J connectivity index is 1.36. The Hall–Kier alpha value is -0.610. The zero-order chi connectivity index (χ0) is 15.4. The van der Waals surface area contributed by atoms with E-state index in [9.17, 15) is 4.79 Å². The van der Waals surface area contributed by atoms with Crippen LogP contribution in [-0.2, 0) is 9.53 Å². The van der Waals surface area contributed by atoms with Crippen LogP contribution in [0.4, 0.5) is 0 Å². The average molecular weight is 308 g/mol. The van der Waals surface area contributed by atoms with E-state index in [0.29, 0.717) is 18.2 Å². The Kier molecular flexibility index (Phi) is 5.40. The molecule has 0 N–H and O–H groups in total. The monoisotopic (exact) mass is 308 g/mol. The molecule has 3 aliphatic rings. The van der Waals surface area contributed by atoms with Crippen molar-refractivity contribution < 1.29 is 9.53 Å². The van der Waals surface area contributed by atoms with Crippen molar-refractivity contribution in [1.29, 1.82) is 0 Å². The SMILES string of the molecule is CCCCC(=O)N1CC2(CC[C@@H](CN3CCCCC3)CO2)C1. The predicted octanol–water partition coefficient (Wildman–Crippen LogP) is 2.67. The fraction of sp³-hybridized carbons (Fsp3) is 0.944. The van der Waals surface area contributed by atoms with Crippen LogP contribution in [0, 0.1) is 5.92 Å². The van der Waals surface area contributed by atoms with Crippen LogP contribution in [0.5, 0.6) is 0 Å². The van der Waals surface area contributed by atoms with Crippen LogP contribution in [0.25, 0.3) is 0 Å². The van der Waals surface area contributed by atoms with Crippen molar-refractivity contribution in [3.8, 4) is 0 Å². The van der Waals surface area contributed by atoms with Crippen molar-refractivity contribution in [3.63, 3.8) is 0 Å². The standard InChI is InChI=1S/C18H32N2O2/c1-2-3-7-17(21)20-14-18(15-20)9-8-16(13-22-18)12-19-10-5-4-6-11-19/h16H,2-15H2,1H3/t16-/m0/s1. The summed E-state index contributed by atoms with van der Waals surface area (Å²) in [5, 5.41) is 0. The maximum Gasteiger partial charge on any atom is 0.222 e. The second-order valence-electron chi connectivity index (χ2n) is 7.61. The van der Waals surface area contributed by atoms with Gasteiger partial charge in [-0.25, -0.2) is 0 Å². The van der Waals surface area contributed by atoms with Crippen molar-refractivity contribution in [2.24, 2.45) is 5.92 Å². The molecule has 3 rings (SSSR count). The molecule has 0 aromatic carbocycles. The van der Waals surface area contributed by atoms with Gasteiger partial charge >= 0.3 is 0 Å². The maximum absolute atomic E-state index is 12.0. The number of carbonyl (C=O) groups is 1. The average Bonchev–Trinajstić information content (AvgIpc) is 2.52. The van der Waals surface area contributed by atoms with Gasteiger partial charge in [-0.15, -0.1) is 0 Å². The van der Waals surface area contributed by atoms with E-state index < -0.39 is 0 Å². The molecule has 22 heavy (non-hydrogen) atoms. The Bertz CT molecular complexity index is 363. The van der Waals surface area contributed by atoms with Gasteiger partial charge in [0.1, 0.15) is 5.60 Å². The van der Waals surface area contributed by atoms with Crippen molar-refractivity contribution >= 4 is 5.91 Å². The molecule has 3 fully saturated rings. The third-order valence-corrected chi connectivity index (χ3v) is 5.65. The van der Waals surface area contributed by atoms with Gasteiger partial charge < -0.3 is 14.5 Å². The minimum absolute atomic E-state index is 0.0142. The molecule has 4 heteroatoms. The molecule has 0 aromatic rings. The first-order chi connectivity index (χ1) is 10.7. The minimum Gasteiger partial charge on any atom is -0.371 e. The summed E-state index contributed by atoms with van der Waals surface area (Å²) in [5.74, 6) is 1.03. The topological polar surface area (TPSA) is 32.8 Å². The van der Waals surface area contributed by atoms with Crippen LogP contribution in [0.15, 0.2) is 0 Å². The zero-order valence-corrected chi connectivity index (χ0v) is 14.2. The summed E-state index contributed by atoms with van der Waals surface area (Å²) in [7, 11) is 0. The summed E-state index contributed by atoms with van der Waals surface area (Å²) in [5.41, 5.74) is 0.0142. The van der Waals surface area contributed by atoms with E-state index >= 15 is 0 Å². The highest BCUT2D eigenvalue weighted by molar-refractivity contribution is 5.77. The molecule has 0 bridgehead atoms. The number of likely N-dealkylation sites (tertiary alicyclic amines) is 2. The van der Waals surface area contributed by atoms with E-state index in [4.69, 9.17) is 4.74 Å². The van der Waals surface area contributed by atoms with Crippen molar-refractivity contribution in [1.82, 2.24) is 9.80 Å². The Morgan fingerprint density at radius 1 is 1.23 bits per heavy atom. The summed E-state index contributed by atoms with van der Waals surface area (Å²) >= 11 is 0. The van der Waals surface area contributed by atoms with Crippen LogP contribution >= 0.6 is 0 Å². The van der Waals surface area contributed by atoms with Crippen LogP contribution < -0.4 is 0 Å². The van der Waals surface area contributed by atoms with E-state index in [1.807, 2.05) is 4.90 Å². The fourth-order valence-corrected chi connectivity index (χ4v) is 4.13. The number of rotatable bonds is 5. The quantitative estimate of drug-likeness (QED) is 0.783. The first-order valence-corrected chi connectivity index (χ1v) is 9.35. The van der Waals surface area contributed by atoms with E-state index in [1.54, 1.807) is 0 Å². The summed E-state index contributed by atoms with van der Waals surface area (Å²) in [6.07, 6.45) is 9.38. The van der Waals surface area contributed by atoms with E-state index in [1.165, 1.54) is 45.3 Å². The molecule has 0 unspecified atom stereocenters. The molecular formula is C18H32N2O2. The summed E-state index contributed by atoms with van der Waals surface area (Å²) in [4.78, 5) is 16.6. The van der Waals surface area contributed by atoms with Gasteiger partial charge in [-0.05, 0) is 51.1 Å². The van der Waals surface area contributed by atoms with Crippen molar-refractivity contribution in [3.05, 3.63) is 0 Å². The van der Waals surface area contributed by atoms with Gasteiger partial charge in [-0.2, -0.15) is 0 Å². The largest absolute Gasteiger partial charge is 0.371 e. The van der Waals surface area contributed by atoms with Gasteiger partial charge in [0.05, 0.1) is 19.7 Å². The van der Waals surface area contributed by atoms with Gasteiger partial charge in [-0.1, -0.05) is 19.8 Å². The summed E-state index contributed by atoms with van der Waals surface area (Å²) < 4.78 is 6.22.